The van der Waals surface area contributed by atoms with E-state index in [1.807, 2.05) is 23.8 Å². The molecule has 0 amide bonds. The monoisotopic (exact) mass is 288 g/mol. The Morgan fingerprint density at radius 3 is 3.05 bits per heavy atom. The molecule has 4 nitrogen and oxygen atoms in total. The van der Waals surface area contributed by atoms with E-state index in [0.717, 1.165) is 30.6 Å². The summed E-state index contributed by atoms with van der Waals surface area (Å²) in [4.78, 5) is 19.0. The number of aromatic nitrogens is 1. The smallest absolute Gasteiger partial charge is 0.335 e. The number of thiazole rings is 1. The lowest BCUT2D eigenvalue weighted by Gasteiger charge is -2.33. The minimum atomic E-state index is -0.828. The topological polar surface area (TPSA) is 53.4 Å². The van der Waals surface area contributed by atoms with Crippen LogP contribution in [-0.2, 0) is 13.0 Å². The Labute approximate surface area is 121 Å². The maximum atomic E-state index is 11.3. The number of hydrogen-bond acceptors (Lipinski definition) is 4. The van der Waals surface area contributed by atoms with Gasteiger partial charge >= 0.3 is 5.97 Å². The zero-order valence-electron chi connectivity index (χ0n) is 11.2. The number of carbonyl (C=O) groups is 1. The first kappa shape index (κ1) is 13.3. The van der Waals surface area contributed by atoms with Crippen molar-refractivity contribution in [2.45, 2.75) is 25.9 Å². The van der Waals surface area contributed by atoms with Crippen LogP contribution in [-0.4, -0.2) is 27.5 Å². The van der Waals surface area contributed by atoms with Crippen LogP contribution in [0.15, 0.2) is 29.9 Å². The van der Waals surface area contributed by atoms with E-state index in [-0.39, 0.29) is 0 Å². The van der Waals surface area contributed by atoms with Gasteiger partial charge in [0.2, 0.25) is 0 Å². The summed E-state index contributed by atoms with van der Waals surface area (Å²) in [5.41, 5.74) is 4.43. The molecule has 0 radical (unpaired) electrons. The molecule has 0 bridgehead atoms. The van der Waals surface area contributed by atoms with Gasteiger partial charge in [0.25, 0.3) is 0 Å². The van der Waals surface area contributed by atoms with E-state index in [9.17, 15) is 9.90 Å². The molecule has 1 aromatic heterocycles. The van der Waals surface area contributed by atoms with Crippen LogP contribution in [0.5, 0.6) is 0 Å². The Balaban J connectivity index is 1.86. The highest BCUT2D eigenvalue weighted by Gasteiger charge is 2.25. The molecule has 1 unspecified atom stereocenters. The van der Waals surface area contributed by atoms with Gasteiger partial charge in [-0.05, 0) is 30.5 Å². The third-order valence-electron chi connectivity index (χ3n) is 3.94. The standard InChI is InChI=1S/C15H16N2O2S/c1-10(14-7-16-9-20-14)17-6-5-12-11(8-17)3-2-4-13(12)15(18)19/h2-4,7,9-10H,5-6,8H2,1H3,(H,18,19). The molecule has 0 saturated heterocycles. The summed E-state index contributed by atoms with van der Waals surface area (Å²) in [5.74, 6) is -0.828. The van der Waals surface area contributed by atoms with Gasteiger partial charge in [0.1, 0.15) is 0 Å². The van der Waals surface area contributed by atoms with Gasteiger partial charge in [0.05, 0.1) is 11.1 Å². The largest absolute Gasteiger partial charge is 0.478 e. The number of hydrogen-bond donors (Lipinski definition) is 1. The molecule has 1 N–H and O–H groups in total. The molecule has 104 valence electrons. The van der Waals surface area contributed by atoms with E-state index in [1.54, 1.807) is 17.4 Å². The predicted octanol–water partition coefficient (Wildman–Crippen LogP) is 2.96. The van der Waals surface area contributed by atoms with E-state index < -0.39 is 5.97 Å². The first-order chi connectivity index (χ1) is 9.66. The molecule has 0 fully saturated rings. The summed E-state index contributed by atoms with van der Waals surface area (Å²) in [5, 5.41) is 9.25. The summed E-state index contributed by atoms with van der Waals surface area (Å²) >= 11 is 1.67. The number of fused-ring (bicyclic) bond motifs is 1. The summed E-state index contributed by atoms with van der Waals surface area (Å²) < 4.78 is 0. The number of rotatable bonds is 3. The SMILES string of the molecule is CC(c1cncs1)N1CCc2c(cccc2C(=O)O)C1. The van der Waals surface area contributed by atoms with Gasteiger partial charge in [-0.1, -0.05) is 12.1 Å². The van der Waals surface area contributed by atoms with Crippen LogP contribution >= 0.6 is 11.3 Å². The molecule has 3 rings (SSSR count). The van der Waals surface area contributed by atoms with Gasteiger partial charge in [-0.3, -0.25) is 9.88 Å². The second-order valence-electron chi connectivity index (χ2n) is 5.05. The molecule has 1 aliphatic rings. The van der Waals surface area contributed by atoms with Crippen molar-refractivity contribution in [3.8, 4) is 0 Å². The average Bonchev–Trinajstić information content (AvgIpc) is 2.99. The summed E-state index contributed by atoms with van der Waals surface area (Å²) in [6.45, 7) is 3.87. The first-order valence-corrected chi connectivity index (χ1v) is 7.51. The van der Waals surface area contributed by atoms with Crippen molar-refractivity contribution >= 4 is 17.3 Å². The highest BCUT2D eigenvalue weighted by atomic mass is 32.1. The molecule has 1 aromatic carbocycles. The predicted molar refractivity (Wildman–Crippen MR) is 78.0 cm³/mol. The molecule has 2 heterocycles. The molecule has 1 atom stereocenters. The van der Waals surface area contributed by atoms with E-state index in [0.29, 0.717) is 11.6 Å². The number of carboxylic acids is 1. The zero-order chi connectivity index (χ0) is 14.1. The lowest BCUT2D eigenvalue weighted by molar-refractivity contribution is 0.0694. The summed E-state index contributed by atoms with van der Waals surface area (Å²) in [6.07, 6.45) is 2.71. The molecule has 0 saturated carbocycles. The highest BCUT2D eigenvalue weighted by Crippen LogP contribution is 2.30. The van der Waals surface area contributed by atoms with Crippen LogP contribution in [0.3, 0.4) is 0 Å². The molecule has 0 aliphatic carbocycles. The molecule has 5 heteroatoms. The molecule has 1 aliphatic heterocycles. The fourth-order valence-corrected chi connectivity index (χ4v) is 3.49. The number of aromatic carboxylic acids is 1. The van der Waals surface area contributed by atoms with Crippen molar-refractivity contribution in [2.24, 2.45) is 0 Å². The van der Waals surface area contributed by atoms with Crippen molar-refractivity contribution in [1.29, 1.82) is 0 Å². The fourth-order valence-electron chi connectivity index (χ4n) is 2.77. The van der Waals surface area contributed by atoms with Gasteiger partial charge in [-0.2, -0.15) is 0 Å². The minimum Gasteiger partial charge on any atom is -0.478 e. The number of nitrogens with zero attached hydrogens (tertiary/aromatic N) is 2. The Morgan fingerprint density at radius 2 is 2.35 bits per heavy atom. The average molecular weight is 288 g/mol. The molecular weight excluding hydrogens is 272 g/mol. The van der Waals surface area contributed by atoms with E-state index in [1.165, 1.54) is 4.88 Å². The van der Waals surface area contributed by atoms with Gasteiger partial charge in [-0.25, -0.2) is 4.79 Å². The molecule has 20 heavy (non-hydrogen) atoms. The van der Waals surface area contributed by atoms with Crippen LogP contribution in [0.2, 0.25) is 0 Å². The van der Waals surface area contributed by atoms with E-state index in [2.05, 4.69) is 16.8 Å². The van der Waals surface area contributed by atoms with Crippen LogP contribution < -0.4 is 0 Å². The van der Waals surface area contributed by atoms with Crippen molar-refractivity contribution < 1.29 is 9.90 Å². The van der Waals surface area contributed by atoms with E-state index in [4.69, 9.17) is 0 Å². The third-order valence-corrected chi connectivity index (χ3v) is 4.88. The first-order valence-electron chi connectivity index (χ1n) is 6.63. The maximum absolute atomic E-state index is 11.3. The second-order valence-corrected chi connectivity index (χ2v) is 5.97. The molecule has 0 spiro atoms. The lowest BCUT2D eigenvalue weighted by atomic mass is 9.93. The van der Waals surface area contributed by atoms with Crippen molar-refractivity contribution in [3.05, 3.63) is 51.5 Å². The Bertz CT molecular complexity index is 625. The summed E-state index contributed by atoms with van der Waals surface area (Å²) in [7, 11) is 0. The second kappa shape index (κ2) is 5.34. The normalized spacial score (nSPS) is 16.6. The van der Waals surface area contributed by atoms with Crippen molar-refractivity contribution in [1.82, 2.24) is 9.88 Å². The zero-order valence-corrected chi connectivity index (χ0v) is 12.1. The molecular formula is C15H16N2O2S. The fraction of sp³-hybridized carbons (Fsp3) is 0.333. The number of benzene rings is 1. The Morgan fingerprint density at radius 1 is 1.50 bits per heavy atom. The van der Waals surface area contributed by atoms with Crippen LogP contribution in [0, 0.1) is 0 Å². The number of carboxylic acid groups (broad SMARTS) is 1. The molecule has 2 aromatic rings. The van der Waals surface area contributed by atoms with Crippen LogP contribution in [0.25, 0.3) is 0 Å². The van der Waals surface area contributed by atoms with Crippen molar-refractivity contribution in [2.75, 3.05) is 6.54 Å². The lowest BCUT2D eigenvalue weighted by Crippen LogP contribution is -2.33. The van der Waals surface area contributed by atoms with Crippen LogP contribution in [0.4, 0.5) is 0 Å². The van der Waals surface area contributed by atoms with Crippen molar-refractivity contribution in [3.63, 3.8) is 0 Å². The highest BCUT2D eigenvalue weighted by molar-refractivity contribution is 7.09. The quantitative estimate of drug-likeness (QED) is 0.943. The van der Waals surface area contributed by atoms with Crippen LogP contribution in [0.1, 0.15) is 39.3 Å². The minimum absolute atomic E-state index is 0.323. The Hall–Kier alpha value is -1.72. The summed E-state index contributed by atoms with van der Waals surface area (Å²) in [6, 6.07) is 5.89. The van der Waals surface area contributed by atoms with Gasteiger partial charge < -0.3 is 5.11 Å². The van der Waals surface area contributed by atoms with E-state index >= 15 is 0 Å². The van der Waals surface area contributed by atoms with Gasteiger partial charge in [0, 0.05) is 30.2 Å². The third kappa shape index (κ3) is 2.34. The van der Waals surface area contributed by atoms with Gasteiger partial charge in [-0.15, -0.1) is 11.3 Å². The van der Waals surface area contributed by atoms with Gasteiger partial charge in [0.15, 0.2) is 0 Å². The Kier molecular flexibility index (Phi) is 3.54. The maximum Gasteiger partial charge on any atom is 0.335 e.